The van der Waals surface area contributed by atoms with Crippen molar-refractivity contribution >= 4 is 40.6 Å². The molecule has 0 radical (unpaired) electrons. The van der Waals surface area contributed by atoms with Gasteiger partial charge in [-0.25, -0.2) is 9.59 Å². The highest BCUT2D eigenvalue weighted by Crippen LogP contribution is 2.34. The van der Waals surface area contributed by atoms with Crippen LogP contribution in [0.3, 0.4) is 0 Å². The minimum atomic E-state index is -0.661. The Balaban J connectivity index is 1.73. The first-order chi connectivity index (χ1) is 18.8. The third kappa shape index (κ3) is 6.75. The molecule has 7 nitrogen and oxygen atoms in total. The number of hydrogen-bond acceptors (Lipinski definition) is 7. The number of hydrogen-bond donors (Lipinski definition) is 0. The minimum Gasteiger partial charge on any atom is -0.497 e. The molecule has 0 N–H and O–H groups in total. The third-order valence-corrected chi connectivity index (χ3v) is 6.44. The summed E-state index contributed by atoms with van der Waals surface area (Å²) in [7, 11) is 1.57. The molecule has 0 spiro atoms. The molecular weight excluding hydrogens is 520 g/mol. The molecule has 4 rings (SSSR count). The molecule has 0 saturated carbocycles. The first kappa shape index (κ1) is 27.7. The SMILES string of the molecule is CCOC(=O)C=Cc1cccc(-c2c(CC(=O)OCc3ccc(OC)cc3)c(=O)oc3cc(Cl)c(C)cc23)c1. The summed E-state index contributed by atoms with van der Waals surface area (Å²) in [5.74, 6) is -0.347. The lowest BCUT2D eigenvalue weighted by molar-refractivity contribution is -0.144. The zero-order chi connectivity index (χ0) is 27.9. The van der Waals surface area contributed by atoms with Gasteiger partial charge < -0.3 is 18.6 Å². The van der Waals surface area contributed by atoms with Crippen molar-refractivity contribution in [2.75, 3.05) is 13.7 Å². The monoisotopic (exact) mass is 546 g/mol. The van der Waals surface area contributed by atoms with Crippen LogP contribution < -0.4 is 10.4 Å². The van der Waals surface area contributed by atoms with E-state index in [2.05, 4.69) is 0 Å². The van der Waals surface area contributed by atoms with Crippen LogP contribution in [0.2, 0.25) is 5.02 Å². The molecule has 0 amide bonds. The van der Waals surface area contributed by atoms with Gasteiger partial charge in [-0.15, -0.1) is 0 Å². The van der Waals surface area contributed by atoms with Crippen LogP contribution in [-0.2, 0) is 32.1 Å². The molecule has 0 fully saturated rings. The van der Waals surface area contributed by atoms with Crippen molar-refractivity contribution < 1.29 is 28.2 Å². The van der Waals surface area contributed by atoms with Gasteiger partial charge in [0.25, 0.3) is 0 Å². The molecule has 200 valence electrons. The average Bonchev–Trinajstić information content (AvgIpc) is 2.93. The van der Waals surface area contributed by atoms with Crippen molar-refractivity contribution in [2.24, 2.45) is 0 Å². The normalized spacial score (nSPS) is 11.1. The lowest BCUT2D eigenvalue weighted by Crippen LogP contribution is -2.17. The smallest absolute Gasteiger partial charge is 0.340 e. The molecular formula is C31H27ClO7. The van der Waals surface area contributed by atoms with Crippen LogP contribution >= 0.6 is 11.6 Å². The molecule has 0 unspecified atom stereocenters. The van der Waals surface area contributed by atoms with Crippen molar-refractivity contribution in [1.29, 1.82) is 0 Å². The second-order valence-electron chi connectivity index (χ2n) is 8.74. The van der Waals surface area contributed by atoms with E-state index in [9.17, 15) is 14.4 Å². The molecule has 39 heavy (non-hydrogen) atoms. The van der Waals surface area contributed by atoms with Crippen molar-refractivity contribution in [3.05, 3.63) is 104 Å². The zero-order valence-electron chi connectivity index (χ0n) is 21.8. The van der Waals surface area contributed by atoms with E-state index < -0.39 is 17.6 Å². The van der Waals surface area contributed by atoms with Gasteiger partial charge in [-0.1, -0.05) is 41.9 Å². The Morgan fingerprint density at radius 1 is 1.03 bits per heavy atom. The molecule has 0 aliphatic rings. The zero-order valence-corrected chi connectivity index (χ0v) is 22.5. The van der Waals surface area contributed by atoms with Gasteiger partial charge in [0.2, 0.25) is 0 Å². The fourth-order valence-electron chi connectivity index (χ4n) is 4.09. The van der Waals surface area contributed by atoms with Crippen LogP contribution in [0.25, 0.3) is 28.2 Å². The number of benzene rings is 3. The van der Waals surface area contributed by atoms with E-state index in [1.165, 1.54) is 6.08 Å². The summed E-state index contributed by atoms with van der Waals surface area (Å²) in [6, 6.07) is 17.8. The third-order valence-electron chi connectivity index (χ3n) is 6.03. The number of esters is 2. The maximum absolute atomic E-state index is 13.2. The van der Waals surface area contributed by atoms with Crippen LogP contribution in [0.1, 0.15) is 29.2 Å². The Hall–Kier alpha value is -4.36. The fraction of sp³-hybridized carbons (Fsp3) is 0.194. The largest absolute Gasteiger partial charge is 0.497 e. The van der Waals surface area contributed by atoms with Gasteiger partial charge in [-0.3, -0.25) is 4.79 Å². The van der Waals surface area contributed by atoms with Gasteiger partial charge >= 0.3 is 17.6 Å². The number of rotatable bonds is 9. The summed E-state index contributed by atoms with van der Waals surface area (Å²) in [5, 5.41) is 1.08. The van der Waals surface area contributed by atoms with E-state index in [0.717, 1.165) is 11.1 Å². The summed E-state index contributed by atoms with van der Waals surface area (Å²) in [6.07, 6.45) is 2.66. The van der Waals surface area contributed by atoms with Gasteiger partial charge in [0.05, 0.1) is 25.7 Å². The Kier molecular flexibility index (Phi) is 8.84. The summed E-state index contributed by atoms with van der Waals surface area (Å²) < 4.78 is 21.2. The van der Waals surface area contributed by atoms with Crippen molar-refractivity contribution in [3.63, 3.8) is 0 Å². The van der Waals surface area contributed by atoms with E-state index in [-0.39, 0.29) is 25.2 Å². The lowest BCUT2D eigenvalue weighted by Gasteiger charge is -2.14. The molecule has 0 bridgehead atoms. The number of carbonyl (C=O) groups is 2. The molecule has 0 aliphatic carbocycles. The summed E-state index contributed by atoms with van der Waals surface area (Å²) in [6.45, 7) is 3.89. The second kappa shape index (κ2) is 12.5. The van der Waals surface area contributed by atoms with E-state index >= 15 is 0 Å². The predicted molar refractivity (Wildman–Crippen MR) is 150 cm³/mol. The topological polar surface area (TPSA) is 92.0 Å². The maximum Gasteiger partial charge on any atom is 0.340 e. The molecule has 0 aliphatic heterocycles. The number of fused-ring (bicyclic) bond motifs is 1. The predicted octanol–water partition coefficient (Wildman–Crippen LogP) is 6.29. The van der Waals surface area contributed by atoms with Gasteiger partial charge in [0, 0.05) is 28.1 Å². The summed E-state index contributed by atoms with van der Waals surface area (Å²) in [4.78, 5) is 37.9. The Labute approximate surface area is 230 Å². The number of carbonyl (C=O) groups excluding carboxylic acids is 2. The van der Waals surface area contributed by atoms with E-state index in [1.807, 2.05) is 31.2 Å². The van der Waals surface area contributed by atoms with Crippen molar-refractivity contribution in [2.45, 2.75) is 26.9 Å². The number of aryl methyl sites for hydroxylation is 1. The standard InChI is InChI=1S/C31H27ClO7/c1-4-37-28(33)13-10-20-6-5-7-22(15-20)30-24-14-19(2)26(32)17-27(24)39-31(35)25(30)16-29(34)38-18-21-8-11-23(36-3)12-9-21/h5-15,17H,4,16,18H2,1-3H3. The van der Waals surface area contributed by atoms with E-state index in [1.54, 1.807) is 56.5 Å². The number of halogens is 1. The van der Waals surface area contributed by atoms with Crippen molar-refractivity contribution in [1.82, 2.24) is 0 Å². The quantitative estimate of drug-likeness (QED) is 0.138. The maximum atomic E-state index is 13.2. The summed E-state index contributed by atoms with van der Waals surface area (Å²) >= 11 is 6.31. The first-order valence-corrected chi connectivity index (χ1v) is 12.7. The van der Waals surface area contributed by atoms with Crippen LogP contribution in [-0.4, -0.2) is 25.7 Å². The number of ether oxygens (including phenoxy) is 3. The van der Waals surface area contributed by atoms with Crippen LogP contribution in [0.5, 0.6) is 5.75 Å². The van der Waals surface area contributed by atoms with Gasteiger partial charge in [-0.05, 0) is 66.4 Å². The molecule has 0 saturated heterocycles. The highest BCUT2D eigenvalue weighted by molar-refractivity contribution is 6.32. The molecule has 3 aromatic carbocycles. The highest BCUT2D eigenvalue weighted by Gasteiger charge is 2.21. The van der Waals surface area contributed by atoms with E-state index in [4.69, 9.17) is 30.2 Å². The second-order valence-corrected chi connectivity index (χ2v) is 9.14. The minimum absolute atomic E-state index is 0.0416. The van der Waals surface area contributed by atoms with Crippen molar-refractivity contribution in [3.8, 4) is 16.9 Å². The molecule has 4 aromatic rings. The lowest BCUT2D eigenvalue weighted by atomic mass is 9.93. The number of methoxy groups -OCH3 is 1. The van der Waals surface area contributed by atoms with Gasteiger partial charge in [0.15, 0.2) is 0 Å². The van der Waals surface area contributed by atoms with Crippen LogP contribution in [0.4, 0.5) is 0 Å². The molecule has 0 atom stereocenters. The Bertz CT molecular complexity index is 1600. The van der Waals surface area contributed by atoms with Gasteiger partial charge in [-0.2, -0.15) is 0 Å². The van der Waals surface area contributed by atoms with E-state index in [0.29, 0.717) is 38.4 Å². The van der Waals surface area contributed by atoms with Crippen LogP contribution in [0.15, 0.2) is 76.0 Å². The van der Waals surface area contributed by atoms with Gasteiger partial charge in [0.1, 0.15) is 17.9 Å². The highest BCUT2D eigenvalue weighted by atomic mass is 35.5. The first-order valence-electron chi connectivity index (χ1n) is 12.3. The molecule has 8 heteroatoms. The average molecular weight is 547 g/mol. The molecule has 1 aromatic heterocycles. The summed E-state index contributed by atoms with van der Waals surface area (Å²) in [5.41, 5.74) is 3.27. The Morgan fingerprint density at radius 3 is 2.51 bits per heavy atom. The fourth-order valence-corrected chi connectivity index (χ4v) is 4.25. The Morgan fingerprint density at radius 2 is 1.79 bits per heavy atom. The van der Waals surface area contributed by atoms with Crippen LogP contribution in [0, 0.1) is 6.92 Å². The molecule has 1 heterocycles.